The Labute approximate surface area is 99.8 Å². The van der Waals surface area contributed by atoms with Crippen molar-refractivity contribution in [2.45, 2.75) is 60.3 Å². The molecule has 1 aliphatic carbocycles. The summed E-state index contributed by atoms with van der Waals surface area (Å²) in [5.74, 6) is -0.00382. The summed E-state index contributed by atoms with van der Waals surface area (Å²) in [7, 11) is 0. The van der Waals surface area contributed by atoms with E-state index in [-0.39, 0.29) is 22.7 Å². The van der Waals surface area contributed by atoms with Crippen LogP contribution in [0.15, 0.2) is 0 Å². The first-order chi connectivity index (χ1) is 7.35. The van der Waals surface area contributed by atoms with Gasteiger partial charge in [-0.2, -0.15) is 0 Å². The van der Waals surface area contributed by atoms with Gasteiger partial charge in [0.15, 0.2) is 0 Å². The molecule has 0 aromatic rings. The van der Waals surface area contributed by atoms with E-state index >= 15 is 0 Å². The molecule has 1 aliphatic rings. The van der Waals surface area contributed by atoms with Crippen LogP contribution in [0.3, 0.4) is 0 Å². The third-order valence-corrected chi connectivity index (χ3v) is 4.80. The Morgan fingerprint density at radius 3 is 2.38 bits per heavy atom. The maximum atomic E-state index is 12.0. The third-order valence-electron chi connectivity index (χ3n) is 4.80. The summed E-state index contributed by atoms with van der Waals surface area (Å²) < 4.78 is 5.28. The highest BCUT2D eigenvalue weighted by atomic mass is 16.5. The van der Waals surface area contributed by atoms with Crippen molar-refractivity contribution in [2.75, 3.05) is 6.61 Å². The second-order valence-electron chi connectivity index (χ2n) is 6.04. The number of hydrogen-bond acceptors (Lipinski definition) is 2. The molecule has 94 valence electrons. The molecule has 0 aliphatic heterocycles. The lowest BCUT2D eigenvalue weighted by Gasteiger charge is -2.42. The minimum absolute atomic E-state index is 0.0107. The monoisotopic (exact) mass is 226 g/mol. The standard InChI is InChI=1S/C14H26O2/c1-6-10-16-12(15)11(2)14(5)9-7-8-13(14,3)4/h11H,6-10H2,1-5H3. The predicted octanol–water partition coefficient (Wildman–Crippen LogP) is 3.79. The van der Waals surface area contributed by atoms with Crippen LogP contribution in [0.4, 0.5) is 0 Å². The topological polar surface area (TPSA) is 26.3 Å². The molecule has 0 saturated heterocycles. The molecule has 2 nitrogen and oxygen atoms in total. The van der Waals surface area contributed by atoms with E-state index in [9.17, 15) is 4.79 Å². The number of ether oxygens (including phenoxy) is 1. The Hall–Kier alpha value is -0.530. The van der Waals surface area contributed by atoms with Crippen LogP contribution < -0.4 is 0 Å². The van der Waals surface area contributed by atoms with E-state index in [0.29, 0.717) is 6.61 Å². The van der Waals surface area contributed by atoms with Crippen LogP contribution in [-0.2, 0) is 9.53 Å². The summed E-state index contributed by atoms with van der Waals surface area (Å²) in [5, 5.41) is 0. The highest BCUT2D eigenvalue weighted by Gasteiger charge is 2.50. The van der Waals surface area contributed by atoms with Crippen molar-refractivity contribution in [3.05, 3.63) is 0 Å². The van der Waals surface area contributed by atoms with Crippen molar-refractivity contribution in [3.8, 4) is 0 Å². The lowest BCUT2D eigenvalue weighted by atomic mass is 9.62. The van der Waals surface area contributed by atoms with Gasteiger partial charge in [-0.15, -0.1) is 0 Å². The lowest BCUT2D eigenvalue weighted by molar-refractivity contribution is -0.155. The van der Waals surface area contributed by atoms with E-state index < -0.39 is 0 Å². The summed E-state index contributed by atoms with van der Waals surface area (Å²) in [4.78, 5) is 12.0. The zero-order chi connectivity index (χ0) is 12.4. The largest absolute Gasteiger partial charge is 0.465 e. The maximum absolute atomic E-state index is 12.0. The van der Waals surface area contributed by atoms with Gasteiger partial charge in [0, 0.05) is 0 Å². The number of esters is 1. The van der Waals surface area contributed by atoms with Crippen LogP contribution in [0.25, 0.3) is 0 Å². The summed E-state index contributed by atoms with van der Waals surface area (Å²) in [6.07, 6.45) is 4.49. The van der Waals surface area contributed by atoms with Crippen LogP contribution in [0.5, 0.6) is 0 Å². The number of carbonyl (C=O) groups is 1. The van der Waals surface area contributed by atoms with E-state index in [1.165, 1.54) is 12.8 Å². The van der Waals surface area contributed by atoms with Crippen LogP contribution >= 0.6 is 0 Å². The molecule has 0 N–H and O–H groups in total. The summed E-state index contributed by atoms with van der Waals surface area (Å²) in [6.45, 7) is 11.4. The van der Waals surface area contributed by atoms with E-state index in [4.69, 9.17) is 4.74 Å². The molecule has 0 bridgehead atoms. The molecular weight excluding hydrogens is 200 g/mol. The second-order valence-corrected chi connectivity index (χ2v) is 6.04. The summed E-state index contributed by atoms with van der Waals surface area (Å²) >= 11 is 0. The molecule has 2 atom stereocenters. The Kier molecular flexibility index (Phi) is 4.03. The SMILES string of the molecule is CCCOC(=O)C(C)C1(C)CCCC1(C)C. The highest BCUT2D eigenvalue weighted by molar-refractivity contribution is 5.73. The summed E-state index contributed by atoms with van der Waals surface area (Å²) in [5.41, 5.74) is 0.343. The fraction of sp³-hybridized carbons (Fsp3) is 0.929. The van der Waals surface area contributed by atoms with Gasteiger partial charge in [-0.05, 0) is 30.1 Å². The highest BCUT2D eigenvalue weighted by Crippen LogP contribution is 2.56. The van der Waals surface area contributed by atoms with Crippen molar-refractivity contribution in [1.29, 1.82) is 0 Å². The van der Waals surface area contributed by atoms with Gasteiger partial charge in [-0.25, -0.2) is 0 Å². The van der Waals surface area contributed by atoms with Crippen LogP contribution in [0.1, 0.15) is 60.3 Å². The van der Waals surface area contributed by atoms with E-state index in [1.54, 1.807) is 0 Å². The predicted molar refractivity (Wildman–Crippen MR) is 66.2 cm³/mol. The Morgan fingerprint density at radius 2 is 1.94 bits per heavy atom. The zero-order valence-electron chi connectivity index (χ0n) is 11.4. The fourth-order valence-electron chi connectivity index (χ4n) is 2.91. The Bertz CT molecular complexity index is 257. The van der Waals surface area contributed by atoms with Gasteiger partial charge in [0.05, 0.1) is 12.5 Å². The molecule has 2 heteroatoms. The van der Waals surface area contributed by atoms with Crippen LogP contribution in [0, 0.1) is 16.7 Å². The molecule has 0 heterocycles. The van der Waals surface area contributed by atoms with Gasteiger partial charge < -0.3 is 4.74 Å². The quantitative estimate of drug-likeness (QED) is 0.682. The average Bonchev–Trinajstić information content (AvgIpc) is 2.50. The number of carbonyl (C=O) groups excluding carboxylic acids is 1. The van der Waals surface area contributed by atoms with Gasteiger partial charge in [0.2, 0.25) is 0 Å². The fourth-order valence-corrected chi connectivity index (χ4v) is 2.91. The third kappa shape index (κ3) is 2.26. The van der Waals surface area contributed by atoms with E-state index in [2.05, 4.69) is 20.8 Å². The van der Waals surface area contributed by atoms with Crippen molar-refractivity contribution in [2.24, 2.45) is 16.7 Å². The molecule has 16 heavy (non-hydrogen) atoms. The smallest absolute Gasteiger partial charge is 0.309 e. The second kappa shape index (κ2) is 4.77. The van der Waals surface area contributed by atoms with Crippen LogP contribution in [-0.4, -0.2) is 12.6 Å². The molecule has 0 radical (unpaired) electrons. The van der Waals surface area contributed by atoms with Crippen molar-refractivity contribution in [1.82, 2.24) is 0 Å². The molecular formula is C14H26O2. The average molecular weight is 226 g/mol. The molecule has 0 amide bonds. The first-order valence-electron chi connectivity index (χ1n) is 6.52. The molecule has 0 aromatic carbocycles. The minimum Gasteiger partial charge on any atom is -0.465 e. The van der Waals surface area contributed by atoms with Crippen LogP contribution in [0.2, 0.25) is 0 Å². The molecule has 1 saturated carbocycles. The van der Waals surface area contributed by atoms with Crippen molar-refractivity contribution >= 4 is 5.97 Å². The van der Waals surface area contributed by atoms with Crippen molar-refractivity contribution < 1.29 is 9.53 Å². The zero-order valence-corrected chi connectivity index (χ0v) is 11.4. The Balaban J connectivity index is 2.72. The minimum atomic E-state index is -0.0145. The summed E-state index contributed by atoms with van der Waals surface area (Å²) in [6, 6.07) is 0. The van der Waals surface area contributed by atoms with Gasteiger partial charge in [0.1, 0.15) is 0 Å². The molecule has 1 fully saturated rings. The molecule has 1 rings (SSSR count). The first-order valence-corrected chi connectivity index (χ1v) is 6.52. The lowest BCUT2D eigenvalue weighted by Crippen LogP contribution is -2.40. The van der Waals surface area contributed by atoms with Crippen molar-refractivity contribution in [3.63, 3.8) is 0 Å². The number of hydrogen-bond donors (Lipinski definition) is 0. The van der Waals surface area contributed by atoms with E-state index in [1.807, 2.05) is 13.8 Å². The van der Waals surface area contributed by atoms with Gasteiger partial charge in [-0.1, -0.05) is 41.0 Å². The molecule has 2 unspecified atom stereocenters. The molecule has 0 aromatic heterocycles. The van der Waals surface area contributed by atoms with Gasteiger partial charge in [-0.3, -0.25) is 4.79 Å². The van der Waals surface area contributed by atoms with E-state index in [0.717, 1.165) is 12.8 Å². The van der Waals surface area contributed by atoms with Gasteiger partial charge >= 0.3 is 5.97 Å². The molecule has 0 spiro atoms. The maximum Gasteiger partial charge on any atom is 0.309 e. The number of rotatable bonds is 4. The first kappa shape index (κ1) is 13.5. The normalized spacial score (nSPS) is 30.1. The van der Waals surface area contributed by atoms with Gasteiger partial charge in [0.25, 0.3) is 0 Å². The Morgan fingerprint density at radius 1 is 1.31 bits per heavy atom.